The number of ether oxygens (including phenoxy) is 2. The highest BCUT2D eigenvalue weighted by Gasteiger charge is 2.24. The highest BCUT2D eigenvalue weighted by atomic mass is 35.5. The smallest absolute Gasteiger partial charge is 0.119 e. The Morgan fingerprint density at radius 2 is 0.620 bits per heavy atom. The third kappa shape index (κ3) is 10.5. The first-order valence-electron chi connectivity index (χ1n) is 16.4. The summed E-state index contributed by atoms with van der Waals surface area (Å²) >= 11 is 0. The van der Waals surface area contributed by atoms with E-state index in [0.29, 0.717) is 13.2 Å². The molecule has 6 rings (SSSR count). The number of hydrogen-bond acceptors (Lipinski definition) is 4. The molecule has 8 heteroatoms. The normalized spacial score (nSPS) is 10.8. The molecule has 0 spiro atoms. The SMILES string of the molecule is CCOc1ccc(CP(=N)(c2ccccc2)c2ccccc2)cc1.CCOc1ccc(CP(=N)(c2ccccc2)c2ccccc2)cc1.Cl.Cl. The van der Waals surface area contributed by atoms with Crippen LogP contribution in [0.4, 0.5) is 0 Å². The van der Waals surface area contributed by atoms with Gasteiger partial charge >= 0.3 is 0 Å². The van der Waals surface area contributed by atoms with Gasteiger partial charge in [-0.1, -0.05) is 146 Å². The Morgan fingerprint density at radius 3 is 0.840 bits per heavy atom. The Bertz CT molecular complexity index is 1700. The fraction of sp³-hybridized carbons (Fsp3) is 0.143. The van der Waals surface area contributed by atoms with Gasteiger partial charge in [0.25, 0.3) is 0 Å². The van der Waals surface area contributed by atoms with Gasteiger partial charge in [-0.05, 0) is 70.5 Å². The van der Waals surface area contributed by atoms with Gasteiger partial charge in [-0.3, -0.25) is 0 Å². The van der Waals surface area contributed by atoms with E-state index < -0.39 is 14.1 Å². The summed E-state index contributed by atoms with van der Waals surface area (Å²) in [7, 11) is -4.43. The number of hydrogen-bond donors (Lipinski definition) is 2. The van der Waals surface area contributed by atoms with Crippen molar-refractivity contribution in [1.29, 1.82) is 10.3 Å². The number of rotatable bonds is 12. The number of benzene rings is 6. The fourth-order valence-corrected chi connectivity index (χ4v) is 11.2. The van der Waals surface area contributed by atoms with Crippen molar-refractivity contribution in [2.45, 2.75) is 26.2 Å². The molecule has 0 aliphatic heterocycles. The van der Waals surface area contributed by atoms with E-state index in [4.69, 9.17) is 9.47 Å². The lowest BCUT2D eigenvalue weighted by molar-refractivity contribution is 0.340. The van der Waals surface area contributed by atoms with Crippen molar-refractivity contribution >= 4 is 60.1 Å². The Hall–Kier alpha value is -4.04. The maximum atomic E-state index is 9.35. The van der Waals surface area contributed by atoms with Gasteiger partial charge in [0.05, 0.1) is 13.2 Å². The van der Waals surface area contributed by atoms with Crippen molar-refractivity contribution in [2.75, 3.05) is 13.2 Å². The van der Waals surface area contributed by atoms with Crippen LogP contribution in [0.25, 0.3) is 0 Å². The molecule has 0 fully saturated rings. The molecule has 50 heavy (non-hydrogen) atoms. The maximum absolute atomic E-state index is 9.35. The fourth-order valence-electron chi connectivity index (χ4n) is 5.66. The second-order valence-corrected chi connectivity index (χ2v) is 17.4. The largest absolute Gasteiger partial charge is 0.494 e. The standard InChI is InChI=1S/2C21H22NOP.2ClH/c2*1-2-23-19-15-13-18(14-16-19)17-24(22,20-9-5-3-6-10-20)21-11-7-4-8-12-21;;/h2*3-16,22H,2,17H2,1H3;2*1H. The van der Waals surface area contributed by atoms with Crippen LogP contribution in [-0.4, -0.2) is 13.2 Å². The molecule has 260 valence electrons. The van der Waals surface area contributed by atoms with Crippen molar-refractivity contribution < 1.29 is 9.47 Å². The topological polar surface area (TPSA) is 66.2 Å². The summed E-state index contributed by atoms with van der Waals surface area (Å²) in [5, 5.41) is 23.2. The van der Waals surface area contributed by atoms with E-state index in [0.717, 1.165) is 45.0 Å². The molecule has 0 saturated heterocycles. The van der Waals surface area contributed by atoms with Crippen molar-refractivity contribution in [1.82, 2.24) is 0 Å². The van der Waals surface area contributed by atoms with E-state index in [2.05, 4.69) is 72.8 Å². The van der Waals surface area contributed by atoms with Crippen LogP contribution in [0.15, 0.2) is 170 Å². The van der Waals surface area contributed by atoms with Crippen molar-refractivity contribution in [3.63, 3.8) is 0 Å². The Morgan fingerprint density at radius 1 is 0.380 bits per heavy atom. The minimum absolute atomic E-state index is 0. The first-order valence-corrected chi connectivity index (χ1v) is 20.3. The molecule has 0 amide bonds. The van der Waals surface area contributed by atoms with Gasteiger partial charge < -0.3 is 19.8 Å². The molecule has 0 bridgehead atoms. The lowest BCUT2D eigenvalue weighted by Crippen LogP contribution is -2.17. The number of nitrogens with one attached hydrogen (secondary N) is 2. The van der Waals surface area contributed by atoms with Crippen LogP contribution < -0.4 is 30.7 Å². The van der Waals surface area contributed by atoms with Gasteiger partial charge in [-0.25, -0.2) is 0 Å². The van der Waals surface area contributed by atoms with Gasteiger partial charge in [0, 0.05) is 26.4 Å². The van der Waals surface area contributed by atoms with E-state index in [9.17, 15) is 10.3 Å². The molecule has 0 aliphatic carbocycles. The molecule has 0 unspecified atom stereocenters. The summed E-state index contributed by atoms with van der Waals surface area (Å²) in [5.41, 5.74) is 2.35. The number of halogens is 2. The van der Waals surface area contributed by atoms with Crippen LogP contribution in [0.5, 0.6) is 11.5 Å². The van der Waals surface area contributed by atoms with Gasteiger partial charge in [0.1, 0.15) is 11.5 Å². The van der Waals surface area contributed by atoms with Gasteiger partial charge in [-0.15, -0.1) is 24.8 Å². The molecule has 0 aliphatic rings. The minimum atomic E-state index is -2.22. The first kappa shape index (κ1) is 40.4. The molecule has 6 aromatic rings. The lowest BCUT2D eigenvalue weighted by Gasteiger charge is -2.24. The molecule has 0 saturated carbocycles. The summed E-state index contributed by atoms with van der Waals surface area (Å²) in [6.45, 7) is 5.31. The Labute approximate surface area is 310 Å². The van der Waals surface area contributed by atoms with Crippen LogP contribution in [0.1, 0.15) is 25.0 Å². The predicted molar refractivity (Wildman–Crippen MR) is 221 cm³/mol. The van der Waals surface area contributed by atoms with Crippen molar-refractivity contribution in [3.8, 4) is 11.5 Å². The van der Waals surface area contributed by atoms with Crippen molar-refractivity contribution in [2.24, 2.45) is 0 Å². The highest BCUT2D eigenvalue weighted by molar-refractivity contribution is 7.79. The van der Waals surface area contributed by atoms with Crippen molar-refractivity contribution in [3.05, 3.63) is 181 Å². The van der Waals surface area contributed by atoms with Crippen LogP contribution in [0, 0.1) is 10.3 Å². The zero-order chi connectivity index (χ0) is 33.7. The summed E-state index contributed by atoms with van der Waals surface area (Å²) in [4.78, 5) is 0. The molecule has 0 atom stereocenters. The molecule has 0 heterocycles. The maximum Gasteiger partial charge on any atom is 0.119 e. The Kier molecular flexibility index (Phi) is 16.1. The lowest BCUT2D eigenvalue weighted by atomic mass is 10.2. The van der Waals surface area contributed by atoms with Crippen LogP contribution in [-0.2, 0) is 12.3 Å². The summed E-state index contributed by atoms with van der Waals surface area (Å²) in [6, 6.07) is 57.3. The summed E-state index contributed by atoms with van der Waals surface area (Å²) < 4.78 is 11.0. The van der Waals surface area contributed by atoms with E-state index in [1.165, 1.54) is 11.1 Å². The summed E-state index contributed by atoms with van der Waals surface area (Å²) in [6.07, 6.45) is 1.46. The highest BCUT2D eigenvalue weighted by Crippen LogP contribution is 2.48. The first-order chi connectivity index (χ1) is 23.4. The third-order valence-electron chi connectivity index (χ3n) is 8.10. The molecular weight excluding hydrogens is 697 g/mol. The quantitative estimate of drug-likeness (QED) is 0.123. The van der Waals surface area contributed by atoms with Gasteiger partial charge in [0.2, 0.25) is 0 Å². The van der Waals surface area contributed by atoms with Crippen LogP contribution in [0.3, 0.4) is 0 Å². The molecule has 0 radical (unpaired) electrons. The second kappa shape index (κ2) is 20.0. The molecule has 0 aromatic heterocycles. The monoisotopic (exact) mass is 742 g/mol. The van der Waals surface area contributed by atoms with E-state index in [1.807, 2.05) is 111 Å². The van der Waals surface area contributed by atoms with Gasteiger partial charge in [0.15, 0.2) is 0 Å². The van der Waals surface area contributed by atoms with Gasteiger partial charge in [-0.2, -0.15) is 0 Å². The molecular formula is C42H46Cl2N2O2P2. The van der Waals surface area contributed by atoms with E-state index in [1.54, 1.807) is 0 Å². The molecule has 6 aromatic carbocycles. The second-order valence-electron chi connectivity index (χ2n) is 11.4. The third-order valence-corrected chi connectivity index (χ3v) is 14.5. The summed E-state index contributed by atoms with van der Waals surface area (Å²) in [5.74, 6) is 1.77. The zero-order valence-electron chi connectivity index (χ0n) is 28.5. The van der Waals surface area contributed by atoms with E-state index >= 15 is 0 Å². The Balaban J connectivity index is 0.000000260. The average molecular weight is 744 g/mol. The van der Waals surface area contributed by atoms with E-state index in [-0.39, 0.29) is 24.8 Å². The van der Waals surface area contributed by atoms with Crippen LogP contribution >= 0.6 is 38.9 Å². The predicted octanol–water partition coefficient (Wildman–Crippen LogP) is 10.9. The minimum Gasteiger partial charge on any atom is -0.494 e. The van der Waals surface area contributed by atoms with Crippen LogP contribution in [0.2, 0.25) is 0 Å². The molecule has 4 nitrogen and oxygen atoms in total. The average Bonchev–Trinajstić information content (AvgIpc) is 3.15. The molecule has 2 N–H and O–H groups in total. The zero-order valence-corrected chi connectivity index (χ0v) is 31.9.